The Bertz CT molecular complexity index is 831. The van der Waals surface area contributed by atoms with Crippen molar-refractivity contribution in [3.8, 4) is 0 Å². The molecule has 1 N–H and O–H groups in total. The summed E-state index contributed by atoms with van der Waals surface area (Å²) in [7, 11) is 0. The number of carbonyl (C=O) groups is 2. The SMILES string of the molecule is O=C1O[C@@H](C(=O)NCc2ccc(N3CCOCC3)nc2)Cc2ccccc21. The van der Waals surface area contributed by atoms with Gasteiger partial charge in [-0.1, -0.05) is 24.3 Å². The van der Waals surface area contributed by atoms with E-state index in [4.69, 9.17) is 9.47 Å². The Hall–Kier alpha value is -2.93. The van der Waals surface area contributed by atoms with Crippen molar-refractivity contribution in [2.24, 2.45) is 0 Å². The number of nitrogens with zero attached hydrogens (tertiary/aromatic N) is 2. The number of anilines is 1. The van der Waals surface area contributed by atoms with Gasteiger partial charge in [0.15, 0.2) is 6.10 Å². The average Bonchev–Trinajstić information content (AvgIpc) is 2.73. The lowest BCUT2D eigenvalue weighted by Crippen LogP contribution is -2.41. The fourth-order valence-electron chi connectivity index (χ4n) is 3.28. The van der Waals surface area contributed by atoms with Gasteiger partial charge >= 0.3 is 5.97 Å². The Balaban J connectivity index is 1.33. The van der Waals surface area contributed by atoms with Crippen molar-refractivity contribution in [2.45, 2.75) is 19.1 Å². The number of rotatable bonds is 4. The first-order valence-electron chi connectivity index (χ1n) is 9.05. The summed E-state index contributed by atoms with van der Waals surface area (Å²) in [6.07, 6.45) is 1.35. The molecule has 140 valence electrons. The standard InChI is InChI=1S/C20H21N3O4/c24-19(17-11-15-3-1-2-4-16(15)20(25)27-17)22-13-14-5-6-18(21-12-14)23-7-9-26-10-8-23/h1-6,12,17H,7-11,13H2,(H,22,24)/t17-/m1/s1. The van der Waals surface area contributed by atoms with Crippen LogP contribution in [0.25, 0.3) is 0 Å². The molecule has 1 aromatic carbocycles. The first kappa shape index (κ1) is 17.5. The molecule has 2 aliphatic rings. The first-order valence-corrected chi connectivity index (χ1v) is 9.05. The molecule has 0 spiro atoms. The lowest BCUT2D eigenvalue weighted by molar-refractivity contribution is -0.130. The van der Waals surface area contributed by atoms with Gasteiger partial charge in [0.05, 0.1) is 18.8 Å². The van der Waals surface area contributed by atoms with Crippen LogP contribution in [0.1, 0.15) is 21.5 Å². The van der Waals surface area contributed by atoms with Crippen molar-refractivity contribution in [3.05, 3.63) is 59.3 Å². The molecule has 27 heavy (non-hydrogen) atoms. The molecule has 3 heterocycles. The summed E-state index contributed by atoms with van der Waals surface area (Å²) in [6.45, 7) is 3.42. The summed E-state index contributed by atoms with van der Waals surface area (Å²) < 4.78 is 10.6. The maximum Gasteiger partial charge on any atom is 0.339 e. The predicted molar refractivity (Wildman–Crippen MR) is 98.5 cm³/mol. The molecule has 0 radical (unpaired) electrons. The van der Waals surface area contributed by atoms with Crippen molar-refractivity contribution in [1.82, 2.24) is 10.3 Å². The van der Waals surface area contributed by atoms with E-state index in [1.54, 1.807) is 18.3 Å². The van der Waals surface area contributed by atoms with E-state index in [-0.39, 0.29) is 5.91 Å². The zero-order valence-corrected chi connectivity index (χ0v) is 14.9. The molecular weight excluding hydrogens is 346 g/mol. The monoisotopic (exact) mass is 367 g/mol. The Morgan fingerprint density at radius 2 is 2.00 bits per heavy atom. The number of cyclic esters (lactones) is 1. The van der Waals surface area contributed by atoms with Gasteiger partial charge in [0.2, 0.25) is 0 Å². The van der Waals surface area contributed by atoms with Crippen molar-refractivity contribution < 1.29 is 19.1 Å². The van der Waals surface area contributed by atoms with Crippen molar-refractivity contribution in [2.75, 3.05) is 31.2 Å². The number of fused-ring (bicyclic) bond motifs is 1. The van der Waals surface area contributed by atoms with Gasteiger partial charge in [-0.15, -0.1) is 0 Å². The van der Waals surface area contributed by atoms with Crippen LogP contribution in [0.2, 0.25) is 0 Å². The number of pyridine rings is 1. The molecule has 0 bridgehead atoms. The number of esters is 1. The van der Waals surface area contributed by atoms with E-state index in [1.165, 1.54) is 0 Å². The highest BCUT2D eigenvalue weighted by Gasteiger charge is 2.30. The number of hydrogen-bond donors (Lipinski definition) is 1. The van der Waals surface area contributed by atoms with Crippen molar-refractivity contribution in [3.63, 3.8) is 0 Å². The molecule has 1 fully saturated rings. The van der Waals surface area contributed by atoms with Gasteiger partial charge in [0.25, 0.3) is 5.91 Å². The van der Waals surface area contributed by atoms with Gasteiger partial charge < -0.3 is 19.7 Å². The number of benzene rings is 1. The van der Waals surface area contributed by atoms with E-state index in [0.29, 0.717) is 31.7 Å². The normalized spacial score (nSPS) is 19.2. The highest BCUT2D eigenvalue weighted by molar-refractivity contribution is 5.95. The number of morpholine rings is 1. The van der Waals surface area contributed by atoms with E-state index in [2.05, 4.69) is 15.2 Å². The molecule has 1 saturated heterocycles. The van der Waals surface area contributed by atoms with Gasteiger partial charge in [-0.05, 0) is 23.3 Å². The Kier molecular flexibility index (Phi) is 5.02. The minimum atomic E-state index is -0.798. The predicted octanol–water partition coefficient (Wildman–Crippen LogP) is 1.32. The molecule has 2 aromatic rings. The molecule has 0 saturated carbocycles. The third kappa shape index (κ3) is 3.93. The minimum Gasteiger partial charge on any atom is -0.448 e. The molecule has 7 heteroatoms. The first-order chi connectivity index (χ1) is 13.2. The Morgan fingerprint density at radius 1 is 1.19 bits per heavy atom. The number of nitrogens with one attached hydrogen (secondary N) is 1. The number of ether oxygens (including phenoxy) is 2. The second kappa shape index (κ2) is 7.75. The third-order valence-electron chi connectivity index (χ3n) is 4.80. The Labute approximate surface area is 157 Å². The summed E-state index contributed by atoms with van der Waals surface area (Å²) in [6, 6.07) is 11.1. The molecule has 7 nitrogen and oxygen atoms in total. The topological polar surface area (TPSA) is 80.8 Å². The molecule has 4 rings (SSSR count). The van der Waals surface area contributed by atoms with E-state index >= 15 is 0 Å². The van der Waals surface area contributed by atoms with Crippen LogP contribution < -0.4 is 10.2 Å². The average molecular weight is 367 g/mol. The van der Waals surface area contributed by atoms with Crippen LogP contribution >= 0.6 is 0 Å². The minimum absolute atomic E-state index is 0.296. The smallest absolute Gasteiger partial charge is 0.339 e. The van der Waals surface area contributed by atoms with E-state index in [1.807, 2.05) is 24.3 Å². The van der Waals surface area contributed by atoms with Crippen LogP contribution in [0.15, 0.2) is 42.6 Å². The van der Waals surface area contributed by atoms with Gasteiger partial charge in [-0.3, -0.25) is 4.79 Å². The molecule has 1 amide bonds. The lowest BCUT2D eigenvalue weighted by atomic mass is 9.98. The molecule has 2 aliphatic heterocycles. The van der Waals surface area contributed by atoms with Gasteiger partial charge in [0, 0.05) is 32.3 Å². The third-order valence-corrected chi connectivity index (χ3v) is 4.80. The van der Waals surface area contributed by atoms with Crippen LogP contribution in [-0.2, 0) is 27.2 Å². The van der Waals surface area contributed by atoms with Gasteiger partial charge in [-0.2, -0.15) is 0 Å². The number of aromatic nitrogens is 1. The summed E-state index contributed by atoms with van der Waals surface area (Å²) in [4.78, 5) is 31.1. The number of carbonyl (C=O) groups excluding carboxylic acids is 2. The number of amides is 1. The van der Waals surface area contributed by atoms with E-state index < -0.39 is 12.1 Å². The largest absolute Gasteiger partial charge is 0.448 e. The number of hydrogen-bond acceptors (Lipinski definition) is 6. The highest BCUT2D eigenvalue weighted by Crippen LogP contribution is 2.20. The molecular formula is C20H21N3O4. The fraction of sp³-hybridized carbons (Fsp3) is 0.350. The van der Waals surface area contributed by atoms with Crippen molar-refractivity contribution in [1.29, 1.82) is 0 Å². The quantitative estimate of drug-likeness (QED) is 0.821. The molecule has 0 unspecified atom stereocenters. The second-order valence-corrected chi connectivity index (χ2v) is 6.60. The van der Waals surface area contributed by atoms with Crippen LogP contribution in [-0.4, -0.2) is 49.3 Å². The molecule has 0 aliphatic carbocycles. The van der Waals surface area contributed by atoms with Gasteiger partial charge in [0.1, 0.15) is 5.82 Å². The highest BCUT2D eigenvalue weighted by atomic mass is 16.5. The van der Waals surface area contributed by atoms with Crippen LogP contribution in [0.3, 0.4) is 0 Å². The zero-order chi connectivity index (χ0) is 18.6. The van der Waals surface area contributed by atoms with E-state index in [9.17, 15) is 9.59 Å². The molecule has 1 aromatic heterocycles. The van der Waals surface area contributed by atoms with E-state index in [0.717, 1.165) is 30.0 Å². The van der Waals surface area contributed by atoms with Crippen LogP contribution in [0, 0.1) is 0 Å². The summed E-state index contributed by atoms with van der Waals surface area (Å²) in [5.41, 5.74) is 2.26. The van der Waals surface area contributed by atoms with Gasteiger partial charge in [-0.25, -0.2) is 9.78 Å². The summed E-state index contributed by atoms with van der Waals surface area (Å²) >= 11 is 0. The zero-order valence-electron chi connectivity index (χ0n) is 14.9. The fourth-order valence-corrected chi connectivity index (χ4v) is 3.28. The summed E-state index contributed by atoms with van der Waals surface area (Å²) in [5, 5.41) is 2.83. The Morgan fingerprint density at radius 3 is 2.78 bits per heavy atom. The molecule has 1 atom stereocenters. The maximum absolute atomic E-state index is 12.4. The van der Waals surface area contributed by atoms with Crippen LogP contribution in [0.4, 0.5) is 5.82 Å². The summed E-state index contributed by atoms with van der Waals surface area (Å²) in [5.74, 6) is 0.162. The van der Waals surface area contributed by atoms with Crippen LogP contribution in [0.5, 0.6) is 0 Å². The maximum atomic E-state index is 12.4. The van der Waals surface area contributed by atoms with Crippen molar-refractivity contribution >= 4 is 17.7 Å². The lowest BCUT2D eigenvalue weighted by Gasteiger charge is -2.27. The second-order valence-electron chi connectivity index (χ2n) is 6.60.